The van der Waals surface area contributed by atoms with E-state index in [2.05, 4.69) is 165 Å². The Kier molecular flexibility index (Phi) is 5.86. The monoisotopic (exact) mass is 513 g/mol. The molecule has 0 heterocycles. The van der Waals surface area contributed by atoms with Gasteiger partial charge in [0.15, 0.2) is 0 Å². The number of benzene rings is 6. The molecule has 0 amide bonds. The second kappa shape index (κ2) is 9.70. The van der Waals surface area contributed by atoms with Crippen LogP contribution in [0.1, 0.15) is 25.0 Å². The van der Waals surface area contributed by atoms with E-state index in [9.17, 15) is 0 Å². The normalized spacial score (nSPS) is 12.9. The van der Waals surface area contributed by atoms with E-state index < -0.39 is 0 Å². The molecular weight excluding hydrogens is 482 g/mol. The van der Waals surface area contributed by atoms with Gasteiger partial charge in [0.2, 0.25) is 0 Å². The Bertz CT molecular complexity index is 1820. The van der Waals surface area contributed by atoms with Gasteiger partial charge in [-0.3, -0.25) is 0 Å². The quantitative estimate of drug-likeness (QED) is 0.242. The smallest absolute Gasteiger partial charge is 0.0464 e. The number of hydrogen-bond acceptors (Lipinski definition) is 1. The average Bonchev–Trinajstić information content (AvgIpc) is 3.24. The second-order valence-electron chi connectivity index (χ2n) is 11.1. The van der Waals surface area contributed by atoms with Gasteiger partial charge in [-0.1, -0.05) is 129 Å². The lowest BCUT2D eigenvalue weighted by Gasteiger charge is -2.22. The van der Waals surface area contributed by atoms with Crippen LogP contribution in [0.15, 0.2) is 146 Å². The van der Waals surface area contributed by atoms with Crippen LogP contribution in [0.3, 0.4) is 0 Å². The zero-order valence-electron chi connectivity index (χ0n) is 22.9. The molecule has 0 spiro atoms. The summed E-state index contributed by atoms with van der Waals surface area (Å²) in [5.41, 5.74) is 14.9. The minimum absolute atomic E-state index is 0.0724. The van der Waals surface area contributed by atoms with Crippen molar-refractivity contribution in [3.05, 3.63) is 157 Å². The molecule has 1 aliphatic carbocycles. The Balaban J connectivity index is 1.28. The van der Waals surface area contributed by atoms with E-state index >= 15 is 0 Å². The molecule has 1 aliphatic rings. The summed E-state index contributed by atoms with van der Waals surface area (Å²) >= 11 is 0. The minimum Gasteiger partial charge on any atom is -0.355 e. The molecule has 7 rings (SSSR count). The Morgan fingerprint density at radius 3 is 1.57 bits per heavy atom. The predicted octanol–water partition coefficient (Wildman–Crippen LogP) is 10.7. The van der Waals surface area contributed by atoms with Gasteiger partial charge >= 0.3 is 0 Å². The number of nitrogens with one attached hydrogen (secondary N) is 1. The van der Waals surface area contributed by atoms with Crippen LogP contribution in [0.25, 0.3) is 44.5 Å². The lowest BCUT2D eigenvalue weighted by molar-refractivity contribution is 0.660. The second-order valence-corrected chi connectivity index (χ2v) is 11.1. The van der Waals surface area contributed by atoms with E-state index in [1.165, 1.54) is 55.6 Å². The summed E-state index contributed by atoms with van der Waals surface area (Å²) in [5.74, 6) is 0. The van der Waals surface area contributed by atoms with Gasteiger partial charge in [-0.05, 0) is 80.4 Å². The minimum atomic E-state index is -0.0724. The maximum Gasteiger partial charge on any atom is 0.0464 e. The van der Waals surface area contributed by atoms with E-state index in [0.29, 0.717) is 0 Å². The van der Waals surface area contributed by atoms with Crippen molar-refractivity contribution in [2.75, 3.05) is 5.32 Å². The van der Waals surface area contributed by atoms with Crippen LogP contribution in [-0.2, 0) is 5.41 Å². The number of hydrogen-bond donors (Lipinski definition) is 1. The van der Waals surface area contributed by atoms with Crippen LogP contribution in [-0.4, -0.2) is 0 Å². The summed E-state index contributed by atoms with van der Waals surface area (Å²) in [6, 6.07) is 52.4. The SMILES string of the molecule is CC1(C)c2ccc(-c3ccccc3)cc2-c2ccc(Nc3ccc(-c4ccccc4)cc3-c3ccccc3)cc21. The molecule has 40 heavy (non-hydrogen) atoms. The molecular formula is C39H31N. The summed E-state index contributed by atoms with van der Waals surface area (Å²) in [5, 5.41) is 3.78. The predicted molar refractivity (Wildman–Crippen MR) is 170 cm³/mol. The number of fused-ring (bicyclic) bond motifs is 3. The van der Waals surface area contributed by atoms with Crippen molar-refractivity contribution >= 4 is 11.4 Å². The standard InChI is InChI=1S/C39H31N/c1-39(2)36-22-18-30(27-12-6-3-7-13-27)25-35(36)33-21-20-32(26-37(33)39)40-38-23-19-31(28-14-8-4-9-15-28)24-34(38)29-16-10-5-11-17-29/h3-26,40H,1-2H3. The van der Waals surface area contributed by atoms with Crippen LogP contribution in [0, 0.1) is 0 Å². The highest BCUT2D eigenvalue weighted by atomic mass is 14.9. The van der Waals surface area contributed by atoms with Crippen LogP contribution in [0.4, 0.5) is 11.4 Å². The third-order valence-corrected chi connectivity index (χ3v) is 8.27. The zero-order valence-corrected chi connectivity index (χ0v) is 22.9. The first kappa shape index (κ1) is 24.2. The summed E-state index contributed by atoms with van der Waals surface area (Å²) in [6.07, 6.45) is 0. The Labute approximate surface area is 236 Å². The zero-order chi connectivity index (χ0) is 27.1. The highest BCUT2D eigenvalue weighted by molar-refractivity contribution is 5.88. The molecule has 192 valence electrons. The fraction of sp³-hybridized carbons (Fsp3) is 0.0769. The molecule has 0 aliphatic heterocycles. The van der Waals surface area contributed by atoms with Crippen molar-refractivity contribution < 1.29 is 0 Å². The number of rotatable bonds is 5. The molecule has 0 unspecified atom stereocenters. The van der Waals surface area contributed by atoms with Crippen molar-refractivity contribution in [3.8, 4) is 44.5 Å². The maximum atomic E-state index is 3.78. The van der Waals surface area contributed by atoms with E-state index in [0.717, 1.165) is 11.4 Å². The van der Waals surface area contributed by atoms with Crippen LogP contribution >= 0.6 is 0 Å². The molecule has 0 fully saturated rings. The summed E-state index contributed by atoms with van der Waals surface area (Å²) in [6.45, 7) is 4.68. The van der Waals surface area contributed by atoms with Crippen LogP contribution in [0.2, 0.25) is 0 Å². The van der Waals surface area contributed by atoms with Gasteiger partial charge in [-0.25, -0.2) is 0 Å². The molecule has 1 nitrogen and oxygen atoms in total. The Morgan fingerprint density at radius 1 is 0.400 bits per heavy atom. The van der Waals surface area contributed by atoms with Gasteiger partial charge < -0.3 is 5.32 Å². The topological polar surface area (TPSA) is 12.0 Å². The fourth-order valence-electron chi connectivity index (χ4n) is 6.12. The molecule has 1 heteroatoms. The Hall–Kier alpha value is -4.88. The molecule has 1 N–H and O–H groups in total. The Morgan fingerprint density at radius 2 is 0.950 bits per heavy atom. The molecule has 0 aromatic heterocycles. The fourth-order valence-corrected chi connectivity index (χ4v) is 6.12. The first-order chi connectivity index (χ1) is 19.6. The van der Waals surface area contributed by atoms with E-state index in [4.69, 9.17) is 0 Å². The van der Waals surface area contributed by atoms with Gasteiger partial charge in [0.25, 0.3) is 0 Å². The van der Waals surface area contributed by atoms with Crippen molar-refractivity contribution in [2.24, 2.45) is 0 Å². The third-order valence-electron chi connectivity index (χ3n) is 8.27. The first-order valence-electron chi connectivity index (χ1n) is 13.9. The molecule has 0 atom stereocenters. The van der Waals surface area contributed by atoms with Crippen molar-refractivity contribution in [1.82, 2.24) is 0 Å². The first-order valence-corrected chi connectivity index (χ1v) is 13.9. The lowest BCUT2D eigenvalue weighted by atomic mass is 9.82. The highest BCUT2D eigenvalue weighted by Crippen LogP contribution is 2.50. The van der Waals surface area contributed by atoms with E-state index in [-0.39, 0.29) is 5.41 Å². The van der Waals surface area contributed by atoms with E-state index in [1.807, 2.05) is 0 Å². The number of anilines is 2. The van der Waals surface area contributed by atoms with Gasteiger partial charge in [0.05, 0.1) is 0 Å². The summed E-state index contributed by atoms with van der Waals surface area (Å²) in [4.78, 5) is 0. The van der Waals surface area contributed by atoms with Crippen molar-refractivity contribution in [2.45, 2.75) is 19.3 Å². The third kappa shape index (κ3) is 4.21. The summed E-state index contributed by atoms with van der Waals surface area (Å²) < 4.78 is 0. The summed E-state index contributed by atoms with van der Waals surface area (Å²) in [7, 11) is 0. The molecule has 0 saturated heterocycles. The van der Waals surface area contributed by atoms with Gasteiger partial charge in [-0.2, -0.15) is 0 Å². The molecule has 6 aromatic rings. The molecule has 0 saturated carbocycles. The highest BCUT2D eigenvalue weighted by Gasteiger charge is 2.35. The van der Waals surface area contributed by atoms with Crippen molar-refractivity contribution in [1.29, 1.82) is 0 Å². The van der Waals surface area contributed by atoms with Gasteiger partial charge in [0.1, 0.15) is 0 Å². The van der Waals surface area contributed by atoms with Crippen LogP contribution < -0.4 is 5.32 Å². The van der Waals surface area contributed by atoms with Crippen LogP contribution in [0.5, 0.6) is 0 Å². The largest absolute Gasteiger partial charge is 0.355 e. The van der Waals surface area contributed by atoms with Crippen molar-refractivity contribution in [3.63, 3.8) is 0 Å². The average molecular weight is 514 g/mol. The molecule has 0 radical (unpaired) electrons. The van der Waals surface area contributed by atoms with Gasteiger partial charge in [-0.15, -0.1) is 0 Å². The van der Waals surface area contributed by atoms with E-state index in [1.54, 1.807) is 0 Å². The maximum absolute atomic E-state index is 3.78. The molecule has 6 aromatic carbocycles. The van der Waals surface area contributed by atoms with Gasteiger partial charge in [0, 0.05) is 22.4 Å². The molecule has 0 bridgehead atoms. The lowest BCUT2D eigenvalue weighted by Crippen LogP contribution is -2.15.